The second-order valence-corrected chi connectivity index (χ2v) is 9.90. The standard InChI is InChI=1S/C27H22IN7O/c1-16-7-4-5-10-21(16)35-20(11-18-9-6-8-17(2)22(18)27(35)36)14-34-26-23(25(28)29-15-30-26)24(32-34)19-12-31-33(3)13-19/h4-13,15H,14H2,1-3H3. The molecule has 9 heteroatoms. The van der Waals surface area contributed by atoms with Gasteiger partial charge in [-0.05, 0) is 65.1 Å². The normalized spacial score (nSPS) is 11.6. The first-order valence-electron chi connectivity index (χ1n) is 11.5. The number of pyridine rings is 1. The van der Waals surface area contributed by atoms with E-state index >= 15 is 0 Å². The second kappa shape index (κ2) is 8.66. The highest BCUT2D eigenvalue weighted by atomic mass is 127. The van der Waals surface area contributed by atoms with Crippen LogP contribution in [0.5, 0.6) is 0 Å². The number of hydrogen-bond donors (Lipinski definition) is 0. The van der Waals surface area contributed by atoms with Crippen molar-refractivity contribution in [2.45, 2.75) is 20.4 Å². The summed E-state index contributed by atoms with van der Waals surface area (Å²) in [6.45, 7) is 4.36. The Kier molecular flexibility index (Phi) is 5.44. The van der Waals surface area contributed by atoms with E-state index in [9.17, 15) is 4.79 Å². The molecule has 0 unspecified atom stereocenters. The summed E-state index contributed by atoms with van der Waals surface area (Å²) in [4.78, 5) is 22.9. The number of benzene rings is 2. The highest BCUT2D eigenvalue weighted by Gasteiger charge is 2.21. The molecular weight excluding hydrogens is 565 g/mol. The summed E-state index contributed by atoms with van der Waals surface area (Å²) in [6, 6.07) is 16.0. The van der Waals surface area contributed by atoms with Gasteiger partial charge in [0.25, 0.3) is 5.56 Å². The van der Waals surface area contributed by atoms with Crippen LogP contribution in [0, 0.1) is 17.5 Å². The minimum Gasteiger partial charge on any atom is -0.279 e. The summed E-state index contributed by atoms with van der Waals surface area (Å²) in [5.74, 6) is 0. The Morgan fingerprint density at radius 1 is 0.972 bits per heavy atom. The quantitative estimate of drug-likeness (QED) is 0.219. The Morgan fingerprint density at radius 2 is 1.78 bits per heavy atom. The van der Waals surface area contributed by atoms with Crippen LogP contribution in [-0.4, -0.2) is 34.1 Å². The second-order valence-electron chi connectivity index (χ2n) is 8.87. The van der Waals surface area contributed by atoms with E-state index in [1.54, 1.807) is 17.2 Å². The van der Waals surface area contributed by atoms with Gasteiger partial charge >= 0.3 is 0 Å². The molecule has 36 heavy (non-hydrogen) atoms. The summed E-state index contributed by atoms with van der Waals surface area (Å²) in [5.41, 5.74) is 5.98. The Labute approximate surface area is 220 Å². The van der Waals surface area contributed by atoms with Crippen LogP contribution in [0.25, 0.3) is 38.8 Å². The van der Waals surface area contributed by atoms with E-state index in [4.69, 9.17) is 5.10 Å². The molecule has 0 atom stereocenters. The van der Waals surface area contributed by atoms with Gasteiger partial charge in [0.05, 0.1) is 29.2 Å². The van der Waals surface area contributed by atoms with Gasteiger partial charge < -0.3 is 0 Å². The van der Waals surface area contributed by atoms with Crippen LogP contribution in [0.15, 0.2) is 72.0 Å². The van der Waals surface area contributed by atoms with Crippen molar-refractivity contribution in [3.8, 4) is 16.9 Å². The molecule has 0 amide bonds. The third-order valence-corrected chi connectivity index (χ3v) is 7.28. The zero-order valence-electron chi connectivity index (χ0n) is 20.0. The molecule has 0 radical (unpaired) electrons. The molecule has 0 fully saturated rings. The molecule has 0 aliphatic heterocycles. The highest BCUT2D eigenvalue weighted by Crippen LogP contribution is 2.30. The molecule has 178 valence electrons. The molecule has 0 saturated carbocycles. The van der Waals surface area contributed by atoms with Gasteiger partial charge in [-0.2, -0.15) is 10.2 Å². The maximum absolute atomic E-state index is 14.0. The third-order valence-electron chi connectivity index (χ3n) is 6.46. The molecule has 8 nitrogen and oxygen atoms in total. The Bertz CT molecular complexity index is 1850. The van der Waals surface area contributed by atoms with Gasteiger partial charge in [0.15, 0.2) is 5.65 Å². The minimum absolute atomic E-state index is 0.0388. The molecule has 0 spiro atoms. The number of para-hydroxylation sites is 1. The van der Waals surface area contributed by atoms with Crippen LogP contribution in [0.3, 0.4) is 0 Å². The Balaban J connectivity index is 1.63. The lowest BCUT2D eigenvalue weighted by molar-refractivity contribution is 0.671. The average Bonchev–Trinajstić information content (AvgIpc) is 3.44. The van der Waals surface area contributed by atoms with Crippen molar-refractivity contribution >= 4 is 44.4 Å². The van der Waals surface area contributed by atoms with E-state index in [1.165, 1.54) is 0 Å². The van der Waals surface area contributed by atoms with Crippen LogP contribution in [0.2, 0.25) is 0 Å². The van der Waals surface area contributed by atoms with Crippen molar-refractivity contribution < 1.29 is 0 Å². The van der Waals surface area contributed by atoms with Crippen LogP contribution >= 0.6 is 22.6 Å². The van der Waals surface area contributed by atoms with Gasteiger partial charge in [0.2, 0.25) is 0 Å². The van der Waals surface area contributed by atoms with Crippen molar-refractivity contribution in [3.05, 3.63) is 98.1 Å². The predicted molar refractivity (Wildman–Crippen MR) is 148 cm³/mol. The van der Waals surface area contributed by atoms with Crippen molar-refractivity contribution in [1.82, 2.24) is 34.1 Å². The molecule has 4 heterocycles. The van der Waals surface area contributed by atoms with Crippen molar-refractivity contribution in [1.29, 1.82) is 0 Å². The number of nitrogens with zero attached hydrogens (tertiary/aromatic N) is 7. The zero-order valence-corrected chi connectivity index (χ0v) is 22.1. The fraction of sp³-hybridized carbons (Fsp3) is 0.148. The van der Waals surface area contributed by atoms with Gasteiger partial charge in [-0.3, -0.25) is 14.0 Å². The van der Waals surface area contributed by atoms with Gasteiger partial charge in [-0.15, -0.1) is 0 Å². The first-order valence-corrected chi connectivity index (χ1v) is 12.6. The number of rotatable bonds is 4. The fourth-order valence-corrected chi connectivity index (χ4v) is 5.39. The topological polar surface area (TPSA) is 83.4 Å². The molecule has 4 aromatic heterocycles. The number of aryl methyl sites for hydroxylation is 3. The van der Waals surface area contributed by atoms with Crippen LogP contribution < -0.4 is 5.56 Å². The molecule has 0 N–H and O–H groups in total. The third kappa shape index (κ3) is 3.62. The first kappa shape index (κ1) is 22.6. The average molecular weight is 587 g/mol. The van der Waals surface area contributed by atoms with Crippen molar-refractivity contribution in [2.75, 3.05) is 0 Å². The lowest BCUT2D eigenvalue weighted by Gasteiger charge is -2.17. The predicted octanol–water partition coefficient (Wildman–Crippen LogP) is 4.80. The first-order chi connectivity index (χ1) is 17.4. The van der Waals surface area contributed by atoms with Gasteiger partial charge in [-0.25, -0.2) is 14.6 Å². The smallest absolute Gasteiger partial charge is 0.263 e. The summed E-state index contributed by atoms with van der Waals surface area (Å²) in [5, 5.41) is 11.8. The summed E-state index contributed by atoms with van der Waals surface area (Å²) >= 11 is 2.22. The number of hydrogen-bond acceptors (Lipinski definition) is 5. The maximum Gasteiger partial charge on any atom is 0.263 e. The molecule has 0 aliphatic rings. The number of fused-ring (bicyclic) bond motifs is 2. The minimum atomic E-state index is -0.0388. The van der Waals surface area contributed by atoms with Crippen LogP contribution in [0.1, 0.15) is 16.8 Å². The number of aromatic nitrogens is 7. The SMILES string of the molecule is Cc1ccccc1-n1c(Cn2nc(-c3cnn(C)c3)c3c(I)ncnc32)cc2cccc(C)c2c1=O. The van der Waals surface area contributed by atoms with Gasteiger partial charge in [-0.1, -0.05) is 36.4 Å². The molecule has 6 aromatic rings. The molecule has 0 saturated heterocycles. The fourth-order valence-electron chi connectivity index (χ4n) is 4.77. The molecule has 6 rings (SSSR count). The molecule has 2 aromatic carbocycles. The van der Waals surface area contributed by atoms with E-state index in [1.807, 2.05) is 78.8 Å². The van der Waals surface area contributed by atoms with E-state index in [-0.39, 0.29) is 5.56 Å². The van der Waals surface area contributed by atoms with E-state index in [0.29, 0.717) is 12.2 Å². The molecule has 0 aliphatic carbocycles. The van der Waals surface area contributed by atoms with Gasteiger partial charge in [0.1, 0.15) is 15.7 Å². The van der Waals surface area contributed by atoms with E-state index < -0.39 is 0 Å². The highest BCUT2D eigenvalue weighted by molar-refractivity contribution is 14.1. The van der Waals surface area contributed by atoms with Gasteiger partial charge in [0, 0.05) is 24.5 Å². The summed E-state index contributed by atoms with van der Waals surface area (Å²) < 4.78 is 6.23. The number of halogens is 1. The van der Waals surface area contributed by atoms with Crippen LogP contribution in [0.4, 0.5) is 0 Å². The largest absolute Gasteiger partial charge is 0.279 e. The van der Waals surface area contributed by atoms with Crippen molar-refractivity contribution in [3.63, 3.8) is 0 Å². The van der Waals surface area contributed by atoms with E-state index in [0.717, 1.165) is 53.6 Å². The summed E-state index contributed by atoms with van der Waals surface area (Å²) in [6.07, 6.45) is 5.27. The maximum atomic E-state index is 14.0. The van der Waals surface area contributed by atoms with Crippen LogP contribution in [-0.2, 0) is 13.6 Å². The van der Waals surface area contributed by atoms with Crippen molar-refractivity contribution in [2.24, 2.45) is 7.05 Å². The van der Waals surface area contributed by atoms with E-state index in [2.05, 4.69) is 43.7 Å². The lowest BCUT2D eigenvalue weighted by atomic mass is 10.1. The monoisotopic (exact) mass is 587 g/mol. The lowest BCUT2D eigenvalue weighted by Crippen LogP contribution is -2.25. The Morgan fingerprint density at radius 3 is 2.56 bits per heavy atom. The molecule has 0 bridgehead atoms. The summed E-state index contributed by atoms with van der Waals surface area (Å²) in [7, 11) is 1.88. The zero-order chi connectivity index (χ0) is 25.0. The Hall–Kier alpha value is -3.86. The molecular formula is C27H22IN7O.